The second-order valence-corrected chi connectivity index (χ2v) is 4.78. The molecule has 1 aromatic rings. The first-order chi connectivity index (χ1) is 8.18. The zero-order valence-electron chi connectivity index (χ0n) is 10.5. The SMILES string of the molecule is CCC(C)(C(=O)c1cncnc1)N1CCCC1. The minimum Gasteiger partial charge on any atom is -0.292 e. The van der Waals surface area contributed by atoms with Gasteiger partial charge >= 0.3 is 0 Å². The van der Waals surface area contributed by atoms with Crippen LogP contribution in [0.15, 0.2) is 18.7 Å². The summed E-state index contributed by atoms with van der Waals surface area (Å²) in [6, 6.07) is 0. The van der Waals surface area contributed by atoms with E-state index >= 15 is 0 Å². The molecule has 4 nitrogen and oxygen atoms in total. The molecule has 0 amide bonds. The quantitative estimate of drug-likeness (QED) is 0.745. The average Bonchev–Trinajstić information content (AvgIpc) is 2.92. The molecule has 0 aliphatic carbocycles. The van der Waals surface area contributed by atoms with Crippen molar-refractivity contribution in [1.29, 1.82) is 0 Å². The summed E-state index contributed by atoms with van der Waals surface area (Å²) in [4.78, 5) is 22.7. The van der Waals surface area contributed by atoms with E-state index in [2.05, 4.69) is 21.8 Å². The third kappa shape index (κ3) is 2.22. The molecule has 1 aliphatic rings. The van der Waals surface area contributed by atoms with E-state index in [1.807, 2.05) is 6.92 Å². The van der Waals surface area contributed by atoms with Crippen molar-refractivity contribution < 1.29 is 4.79 Å². The van der Waals surface area contributed by atoms with Crippen LogP contribution in [0.2, 0.25) is 0 Å². The zero-order chi connectivity index (χ0) is 12.3. The molecule has 1 fully saturated rings. The van der Waals surface area contributed by atoms with E-state index in [9.17, 15) is 4.79 Å². The van der Waals surface area contributed by atoms with Crippen LogP contribution in [0.3, 0.4) is 0 Å². The summed E-state index contributed by atoms with van der Waals surface area (Å²) >= 11 is 0. The fraction of sp³-hybridized carbons (Fsp3) is 0.615. The molecule has 1 saturated heterocycles. The molecular weight excluding hydrogens is 214 g/mol. The van der Waals surface area contributed by atoms with Gasteiger partial charge in [0.15, 0.2) is 5.78 Å². The predicted molar refractivity (Wildman–Crippen MR) is 65.9 cm³/mol. The highest BCUT2D eigenvalue weighted by Gasteiger charge is 2.39. The molecule has 0 N–H and O–H groups in total. The molecule has 1 aliphatic heterocycles. The minimum atomic E-state index is -0.402. The maximum Gasteiger partial charge on any atom is 0.185 e. The number of carbonyl (C=O) groups is 1. The first-order valence-electron chi connectivity index (χ1n) is 6.23. The van der Waals surface area contributed by atoms with Crippen molar-refractivity contribution in [2.45, 2.75) is 38.6 Å². The summed E-state index contributed by atoms with van der Waals surface area (Å²) in [7, 11) is 0. The lowest BCUT2D eigenvalue weighted by Crippen LogP contribution is -2.50. The molecule has 0 aromatic carbocycles. The first kappa shape index (κ1) is 12.2. The number of hydrogen-bond donors (Lipinski definition) is 0. The number of hydrogen-bond acceptors (Lipinski definition) is 4. The second kappa shape index (κ2) is 4.92. The Labute approximate surface area is 102 Å². The lowest BCUT2D eigenvalue weighted by Gasteiger charge is -2.36. The highest BCUT2D eigenvalue weighted by atomic mass is 16.1. The van der Waals surface area contributed by atoms with Crippen LogP contribution in [0, 0.1) is 0 Å². The van der Waals surface area contributed by atoms with Gasteiger partial charge in [-0.3, -0.25) is 9.69 Å². The molecule has 0 radical (unpaired) electrons. The molecule has 4 heteroatoms. The number of aromatic nitrogens is 2. The van der Waals surface area contributed by atoms with Crippen molar-refractivity contribution in [3.63, 3.8) is 0 Å². The van der Waals surface area contributed by atoms with Crippen LogP contribution in [0.25, 0.3) is 0 Å². The minimum absolute atomic E-state index is 0.141. The van der Waals surface area contributed by atoms with Gasteiger partial charge in [-0.1, -0.05) is 6.92 Å². The van der Waals surface area contributed by atoms with Crippen LogP contribution >= 0.6 is 0 Å². The normalized spacial score (nSPS) is 20.1. The predicted octanol–water partition coefficient (Wildman–Crippen LogP) is 1.92. The van der Waals surface area contributed by atoms with Gasteiger partial charge in [-0.25, -0.2) is 9.97 Å². The van der Waals surface area contributed by atoms with E-state index < -0.39 is 5.54 Å². The molecule has 0 saturated carbocycles. The summed E-state index contributed by atoms with van der Waals surface area (Å²) in [5.41, 5.74) is 0.213. The van der Waals surface area contributed by atoms with Crippen LogP contribution in [0.5, 0.6) is 0 Å². The smallest absolute Gasteiger partial charge is 0.185 e. The number of ketones is 1. The highest BCUT2D eigenvalue weighted by Crippen LogP contribution is 2.27. The molecule has 17 heavy (non-hydrogen) atoms. The van der Waals surface area contributed by atoms with E-state index in [1.54, 1.807) is 12.4 Å². The fourth-order valence-corrected chi connectivity index (χ4v) is 2.47. The molecule has 0 bridgehead atoms. The molecule has 1 atom stereocenters. The number of carbonyl (C=O) groups excluding carboxylic acids is 1. The fourth-order valence-electron chi connectivity index (χ4n) is 2.47. The number of rotatable bonds is 4. The summed E-state index contributed by atoms with van der Waals surface area (Å²) in [5.74, 6) is 0.141. The van der Waals surface area contributed by atoms with Crippen LogP contribution in [0.1, 0.15) is 43.5 Å². The van der Waals surface area contributed by atoms with Gasteiger partial charge in [0.25, 0.3) is 0 Å². The Hall–Kier alpha value is -1.29. The molecule has 1 unspecified atom stereocenters. The van der Waals surface area contributed by atoms with Crippen LogP contribution < -0.4 is 0 Å². The van der Waals surface area contributed by atoms with Gasteiger partial charge in [0.1, 0.15) is 6.33 Å². The molecule has 0 spiro atoms. The van der Waals surface area contributed by atoms with Crippen molar-refractivity contribution in [3.05, 3.63) is 24.3 Å². The Balaban J connectivity index is 2.25. The largest absolute Gasteiger partial charge is 0.292 e. The summed E-state index contributed by atoms with van der Waals surface area (Å²) in [6.45, 7) is 6.14. The van der Waals surface area contributed by atoms with Crippen molar-refractivity contribution in [1.82, 2.24) is 14.9 Å². The first-order valence-corrected chi connectivity index (χ1v) is 6.23. The van der Waals surface area contributed by atoms with Crippen LogP contribution in [-0.2, 0) is 0 Å². The van der Waals surface area contributed by atoms with Crippen LogP contribution in [0.4, 0.5) is 0 Å². The third-order valence-electron chi connectivity index (χ3n) is 3.80. The lowest BCUT2D eigenvalue weighted by molar-refractivity contribution is 0.0647. The van der Waals surface area contributed by atoms with Gasteiger partial charge < -0.3 is 0 Å². The van der Waals surface area contributed by atoms with E-state index in [-0.39, 0.29) is 5.78 Å². The van der Waals surface area contributed by atoms with Crippen LogP contribution in [-0.4, -0.2) is 39.3 Å². The third-order valence-corrected chi connectivity index (χ3v) is 3.80. The number of Topliss-reactive ketones (excluding diaryl/α,β-unsaturated/α-hetero) is 1. The van der Waals surface area contributed by atoms with Gasteiger partial charge in [0.2, 0.25) is 0 Å². The van der Waals surface area contributed by atoms with Gasteiger partial charge in [0.05, 0.1) is 11.1 Å². The average molecular weight is 233 g/mol. The second-order valence-electron chi connectivity index (χ2n) is 4.78. The summed E-state index contributed by atoms with van der Waals surface area (Å²) < 4.78 is 0. The molecule has 2 heterocycles. The molecular formula is C13H19N3O. The Kier molecular flexibility index (Phi) is 3.52. The summed E-state index contributed by atoms with van der Waals surface area (Å²) in [6.07, 6.45) is 7.87. The maximum absolute atomic E-state index is 12.6. The Morgan fingerprint density at radius 1 is 1.35 bits per heavy atom. The Morgan fingerprint density at radius 2 is 1.94 bits per heavy atom. The van der Waals surface area contributed by atoms with Crippen molar-refractivity contribution in [2.24, 2.45) is 0 Å². The van der Waals surface area contributed by atoms with Crippen molar-refractivity contribution >= 4 is 5.78 Å². The Morgan fingerprint density at radius 3 is 2.47 bits per heavy atom. The lowest BCUT2D eigenvalue weighted by atomic mass is 9.88. The zero-order valence-corrected chi connectivity index (χ0v) is 10.5. The van der Waals surface area contributed by atoms with E-state index in [1.165, 1.54) is 19.2 Å². The van der Waals surface area contributed by atoms with E-state index in [4.69, 9.17) is 0 Å². The van der Waals surface area contributed by atoms with E-state index in [0.717, 1.165) is 19.5 Å². The highest BCUT2D eigenvalue weighted by molar-refractivity contribution is 6.02. The van der Waals surface area contributed by atoms with Gasteiger partial charge in [0, 0.05) is 12.4 Å². The molecule has 2 rings (SSSR count). The van der Waals surface area contributed by atoms with Gasteiger partial charge in [-0.05, 0) is 39.3 Å². The topological polar surface area (TPSA) is 46.1 Å². The van der Waals surface area contributed by atoms with Gasteiger partial charge in [-0.15, -0.1) is 0 Å². The van der Waals surface area contributed by atoms with Crippen molar-refractivity contribution in [3.8, 4) is 0 Å². The molecule has 92 valence electrons. The number of nitrogens with zero attached hydrogens (tertiary/aromatic N) is 3. The maximum atomic E-state index is 12.6. The standard InChI is InChI=1S/C13H19N3O/c1-3-13(2,16-6-4-5-7-16)12(17)11-8-14-10-15-9-11/h8-10H,3-7H2,1-2H3. The summed E-state index contributed by atoms with van der Waals surface area (Å²) in [5, 5.41) is 0. The molecule has 1 aromatic heterocycles. The monoisotopic (exact) mass is 233 g/mol. The Bertz CT molecular complexity index is 387. The van der Waals surface area contributed by atoms with Crippen molar-refractivity contribution in [2.75, 3.05) is 13.1 Å². The van der Waals surface area contributed by atoms with Gasteiger partial charge in [-0.2, -0.15) is 0 Å². The van der Waals surface area contributed by atoms with E-state index in [0.29, 0.717) is 5.56 Å². The number of likely N-dealkylation sites (tertiary alicyclic amines) is 1.